The Morgan fingerprint density at radius 3 is 1.36 bits per heavy atom. The first-order valence-electron chi connectivity index (χ1n) is 15.6. The van der Waals surface area contributed by atoms with Crippen molar-refractivity contribution in [2.24, 2.45) is 0 Å². The van der Waals surface area contributed by atoms with E-state index in [0.717, 1.165) is 0 Å². The fourth-order valence-corrected chi connectivity index (χ4v) is 8.47. The van der Waals surface area contributed by atoms with Gasteiger partial charge < -0.3 is 4.90 Å². The van der Waals surface area contributed by atoms with Gasteiger partial charge in [0, 0.05) is 23.0 Å². The Kier molecular flexibility index (Phi) is 6.56. The molecule has 0 aromatic heterocycles. The minimum Gasteiger partial charge on any atom is -0.355 e. The summed E-state index contributed by atoms with van der Waals surface area (Å²) in [6.07, 6.45) is 4.69. The molecule has 218 valence electrons. The molecule has 9 rings (SSSR count). The van der Waals surface area contributed by atoms with Crippen molar-refractivity contribution in [2.75, 3.05) is 10.2 Å². The van der Waals surface area contributed by atoms with E-state index in [1.165, 1.54) is 66.9 Å². The van der Waals surface area contributed by atoms with Crippen LogP contribution in [0, 0.1) is 0 Å². The van der Waals surface area contributed by atoms with E-state index in [0.29, 0.717) is 11.8 Å². The maximum atomic E-state index is 4.76. The van der Waals surface area contributed by atoms with E-state index in [4.69, 9.17) is 23.2 Å². The highest BCUT2D eigenvalue weighted by Crippen LogP contribution is 2.70. The van der Waals surface area contributed by atoms with Gasteiger partial charge in [-0.25, -0.2) is 0 Å². The lowest BCUT2D eigenvalue weighted by atomic mass is 9.71. The molecule has 0 N–H and O–H groups in total. The quantitative estimate of drug-likeness (QED) is 0.157. The highest BCUT2D eigenvalue weighted by atomic mass is 35.5. The van der Waals surface area contributed by atoms with Crippen LogP contribution in [-0.2, 0) is 5.41 Å². The zero-order valence-electron chi connectivity index (χ0n) is 25.3. The summed E-state index contributed by atoms with van der Waals surface area (Å²) in [5, 5.41) is 0.194. The molecular formula is C41H35Cl2N. The molecule has 0 radical (unpaired) electrons. The van der Waals surface area contributed by atoms with Crippen LogP contribution < -0.4 is 4.90 Å². The molecule has 0 bridgehead atoms. The van der Waals surface area contributed by atoms with Gasteiger partial charge in [-0.15, -0.1) is 23.2 Å². The molecule has 5 aromatic carbocycles. The molecule has 3 heterocycles. The first kappa shape index (κ1) is 27.7. The molecule has 3 heteroatoms. The maximum absolute atomic E-state index is 4.76. The van der Waals surface area contributed by atoms with Gasteiger partial charge in [0.15, 0.2) is 0 Å². The van der Waals surface area contributed by atoms with Gasteiger partial charge in [0.05, 0.1) is 23.1 Å². The Morgan fingerprint density at radius 1 is 0.545 bits per heavy atom. The molecule has 0 unspecified atom stereocenters. The zero-order valence-corrected chi connectivity index (χ0v) is 26.8. The topological polar surface area (TPSA) is 3.24 Å². The minimum absolute atomic E-state index is 0.0570. The molecule has 1 nitrogen and oxygen atoms in total. The van der Waals surface area contributed by atoms with E-state index in [2.05, 4.69) is 147 Å². The third-order valence-electron chi connectivity index (χ3n) is 10.2. The normalized spacial score (nSPS) is 22.0. The molecule has 4 atom stereocenters. The first-order valence-corrected chi connectivity index (χ1v) is 16.6. The summed E-state index contributed by atoms with van der Waals surface area (Å²) in [4.78, 5) is 2.86. The largest absolute Gasteiger partial charge is 0.355 e. The first-order chi connectivity index (χ1) is 21.4. The number of hydrogen-bond donors (Lipinski definition) is 0. The number of rotatable bonds is 0. The van der Waals surface area contributed by atoms with E-state index in [1.54, 1.807) is 0 Å². The van der Waals surface area contributed by atoms with Gasteiger partial charge in [-0.05, 0) is 67.6 Å². The lowest BCUT2D eigenvalue weighted by Crippen LogP contribution is -2.34. The molecule has 1 saturated heterocycles. The van der Waals surface area contributed by atoms with Crippen molar-refractivity contribution in [3.8, 4) is 22.3 Å². The second-order valence-electron chi connectivity index (χ2n) is 13.4. The smallest absolute Gasteiger partial charge is 0.0967 e. The van der Waals surface area contributed by atoms with Crippen LogP contribution in [0.3, 0.4) is 0 Å². The minimum atomic E-state index is 0.0570. The summed E-state index contributed by atoms with van der Waals surface area (Å²) in [6, 6.07) is 42.3. The van der Waals surface area contributed by atoms with Crippen molar-refractivity contribution < 1.29 is 0 Å². The fraction of sp³-hybridized carbons (Fsp3) is 0.220. The standard InChI is InChI=1S/C40H33N.CH2Cl2/c1-40(2,3)26-22-33-29-16-8-10-18-31(29)38-35-27-14-6-4-12-24(27)20-21-25-13-5-7-15-28(25)36(35)39-32-19-11-9-17-30(32)34(23-26)37(33)41(38)39;2-1-3/h4-23,35-36,38-39H,1-3H3;1H2/b21-20-;/t35-,36+,38+,39-;. The lowest BCUT2D eigenvalue weighted by molar-refractivity contribution is 0.552. The van der Waals surface area contributed by atoms with E-state index in [1.807, 2.05) is 0 Å². The molecule has 5 aromatic rings. The van der Waals surface area contributed by atoms with Crippen LogP contribution >= 0.6 is 23.2 Å². The lowest BCUT2D eigenvalue weighted by Gasteiger charge is -2.45. The molecule has 4 aliphatic rings. The van der Waals surface area contributed by atoms with Gasteiger partial charge in [-0.2, -0.15) is 0 Å². The third kappa shape index (κ3) is 3.99. The Hall–Kier alpha value is -3.78. The van der Waals surface area contributed by atoms with Crippen LogP contribution in [0.1, 0.15) is 83.6 Å². The van der Waals surface area contributed by atoms with Crippen molar-refractivity contribution in [1.29, 1.82) is 0 Å². The number of hydrogen-bond acceptors (Lipinski definition) is 1. The molecule has 0 amide bonds. The molecule has 0 spiro atoms. The van der Waals surface area contributed by atoms with Crippen molar-refractivity contribution >= 4 is 41.0 Å². The molecule has 1 aliphatic carbocycles. The van der Waals surface area contributed by atoms with Crippen molar-refractivity contribution in [3.05, 3.63) is 148 Å². The monoisotopic (exact) mass is 611 g/mol. The summed E-state index contributed by atoms with van der Waals surface area (Å²) in [6.45, 7) is 7.03. The second-order valence-corrected chi connectivity index (χ2v) is 14.2. The summed E-state index contributed by atoms with van der Waals surface area (Å²) in [5.74, 6) is 0.635. The molecule has 3 aliphatic heterocycles. The number of benzene rings is 5. The number of alkyl halides is 2. The van der Waals surface area contributed by atoms with Crippen molar-refractivity contribution in [2.45, 2.75) is 50.1 Å². The summed E-state index contributed by atoms with van der Waals surface area (Å²) in [5.41, 5.74) is 17.0. The number of anilines is 1. The summed E-state index contributed by atoms with van der Waals surface area (Å²) < 4.78 is 0. The van der Waals surface area contributed by atoms with Gasteiger partial charge in [0.2, 0.25) is 0 Å². The molecule has 0 saturated carbocycles. The number of halogens is 2. The van der Waals surface area contributed by atoms with Gasteiger partial charge in [-0.3, -0.25) is 0 Å². The van der Waals surface area contributed by atoms with Gasteiger partial charge in [0.1, 0.15) is 0 Å². The van der Waals surface area contributed by atoms with Crippen molar-refractivity contribution in [3.63, 3.8) is 0 Å². The summed E-state index contributed by atoms with van der Waals surface area (Å²) >= 11 is 9.53. The molecule has 1 fully saturated rings. The molecule has 44 heavy (non-hydrogen) atoms. The number of fused-ring (bicyclic) bond motifs is 13. The van der Waals surface area contributed by atoms with E-state index >= 15 is 0 Å². The van der Waals surface area contributed by atoms with Crippen LogP contribution in [0.15, 0.2) is 109 Å². The average Bonchev–Trinajstić information content (AvgIpc) is 3.39. The Labute approximate surface area is 270 Å². The van der Waals surface area contributed by atoms with E-state index in [9.17, 15) is 0 Å². The van der Waals surface area contributed by atoms with Crippen LogP contribution in [0.2, 0.25) is 0 Å². The predicted octanol–water partition coefficient (Wildman–Crippen LogP) is 11.7. The van der Waals surface area contributed by atoms with Crippen LogP contribution in [0.25, 0.3) is 34.4 Å². The van der Waals surface area contributed by atoms with Crippen LogP contribution in [-0.4, -0.2) is 5.34 Å². The van der Waals surface area contributed by atoms with E-state index in [-0.39, 0.29) is 22.8 Å². The van der Waals surface area contributed by atoms with Crippen LogP contribution in [0.4, 0.5) is 5.69 Å². The van der Waals surface area contributed by atoms with Gasteiger partial charge in [-0.1, -0.05) is 130 Å². The highest BCUT2D eigenvalue weighted by molar-refractivity contribution is 6.40. The predicted molar refractivity (Wildman–Crippen MR) is 188 cm³/mol. The second kappa shape index (κ2) is 10.4. The van der Waals surface area contributed by atoms with Crippen molar-refractivity contribution in [1.82, 2.24) is 0 Å². The third-order valence-corrected chi connectivity index (χ3v) is 10.2. The Balaban J connectivity index is 0.000000928. The zero-order chi connectivity index (χ0) is 30.2. The summed E-state index contributed by atoms with van der Waals surface area (Å²) in [7, 11) is 0. The number of nitrogens with zero attached hydrogens (tertiary/aromatic N) is 1. The average molecular weight is 613 g/mol. The van der Waals surface area contributed by atoms with Gasteiger partial charge in [0.25, 0.3) is 0 Å². The van der Waals surface area contributed by atoms with Crippen LogP contribution in [0.5, 0.6) is 0 Å². The Morgan fingerprint density at radius 2 is 0.932 bits per heavy atom. The maximum Gasteiger partial charge on any atom is 0.0967 e. The van der Waals surface area contributed by atoms with E-state index < -0.39 is 0 Å². The fourth-order valence-electron chi connectivity index (χ4n) is 8.47. The van der Waals surface area contributed by atoms with Gasteiger partial charge >= 0.3 is 0 Å². The SMILES string of the molecule is CC(C)(C)c1cc2c3c(c1)-c1ccccc1[C@H]1[C@@H]4c5ccccc5/C=C\c5ccccc5[C@@H]4[C@@H](c4ccccc4-2)N31.ClCCl. The highest BCUT2D eigenvalue weighted by Gasteiger charge is 2.57. The Bertz CT molecular complexity index is 1820. The molecular weight excluding hydrogens is 577 g/mol.